The zero-order chi connectivity index (χ0) is 8.10. The normalized spacial score (nSPS) is 11.1. The predicted molar refractivity (Wildman–Crippen MR) is 52.6 cm³/mol. The minimum Gasteiger partial charge on any atom is -0.235 e. The van der Waals surface area contributed by atoms with Crippen molar-refractivity contribution in [2.24, 2.45) is 0 Å². The summed E-state index contributed by atoms with van der Waals surface area (Å²) >= 11 is 8.74. The summed E-state index contributed by atoms with van der Waals surface area (Å²) in [5, 5.41) is 2.05. The number of rotatable bonds is 3. The van der Waals surface area contributed by atoms with Crippen LogP contribution in [0, 0.1) is 6.92 Å². The Bertz CT molecular complexity index is 244. The monoisotopic (exact) mass is 205 g/mol. The van der Waals surface area contributed by atoms with Gasteiger partial charge in [0.15, 0.2) is 0 Å². The van der Waals surface area contributed by atoms with E-state index in [4.69, 9.17) is 11.6 Å². The van der Waals surface area contributed by atoms with Gasteiger partial charge in [-0.2, -0.15) is 0 Å². The average molecular weight is 206 g/mol. The number of aryl methyl sites for hydroxylation is 1. The molecule has 4 heteroatoms. The van der Waals surface area contributed by atoms with E-state index in [1.807, 2.05) is 18.4 Å². The van der Waals surface area contributed by atoms with Crippen LogP contribution in [-0.2, 0) is 0 Å². The first-order valence-electron chi connectivity index (χ1n) is 3.13. The van der Waals surface area contributed by atoms with Gasteiger partial charge in [0.1, 0.15) is 4.34 Å². The van der Waals surface area contributed by atoms with Gasteiger partial charge in [-0.05, 0) is 6.92 Å². The molecule has 0 bridgehead atoms. The van der Waals surface area contributed by atoms with Crippen molar-refractivity contribution in [3.63, 3.8) is 0 Å². The molecule has 1 heterocycles. The molecule has 0 aliphatic rings. The molecule has 0 aromatic carbocycles. The van der Waals surface area contributed by atoms with Crippen LogP contribution in [0.15, 0.2) is 21.3 Å². The van der Waals surface area contributed by atoms with E-state index in [-0.39, 0.29) is 0 Å². The largest absolute Gasteiger partial charge is 0.235 e. The summed E-state index contributed by atoms with van der Waals surface area (Å²) in [4.78, 5) is 4.29. The molecule has 1 rings (SSSR count). The maximum atomic E-state index is 5.36. The number of thioether (sulfide) groups is 1. The fourth-order valence-corrected chi connectivity index (χ4v) is 2.43. The third-order valence-electron chi connectivity index (χ3n) is 0.990. The highest BCUT2D eigenvalue weighted by Gasteiger charge is 1.95. The zero-order valence-electron chi connectivity index (χ0n) is 6.08. The van der Waals surface area contributed by atoms with Crippen molar-refractivity contribution in [2.75, 3.05) is 5.75 Å². The van der Waals surface area contributed by atoms with Gasteiger partial charge in [0.2, 0.25) is 0 Å². The van der Waals surface area contributed by atoms with Crippen LogP contribution in [0.25, 0.3) is 0 Å². The molecule has 1 aromatic rings. The van der Waals surface area contributed by atoms with Gasteiger partial charge >= 0.3 is 0 Å². The molecule has 0 aliphatic heterocycles. The van der Waals surface area contributed by atoms with Gasteiger partial charge in [0, 0.05) is 22.4 Å². The molecule has 0 saturated heterocycles. The van der Waals surface area contributed by atoms with Gasteiger partial charge in [-0.1, -0.05) is 29.4 Å². The molecule has 11 heavy (non-hydrogen) atoms. The van der Waals surface area contributed by atoms with Crippen LogP contribution in [-0.4, -0.2) is 10.7 Å². The van der Waals surface area contributed by atoms with Crippen molar-refractivity contribution >= 4 is 34.7 Å². The van der Waals surface area contributed by atoms with Gasteiger partial charge in [-0.25, -0.2) is 4.98 Å². The lowest BCUT2D eigenvalue weighted by Gasteiger charge is -1.87. The highest BCUT2D eigenvalue weighted by atomic mass is 35.5. The lowest BCUT2D eigenvalue weighted by Crippen LogP contribution is -1.72. The number of hydrogen-bond donors (Lipinski definition) is 0. The molecular formula is C7H8ClNS2. The van der Waals surface area contributed by atoms with Crippen LogP contribution < -0.4 is 0 Å². The van der Waals surface area contributed by atoms with Crippen molar-refractivity contribution in [1.29, 1.82) is 0 Å². The summed E-state index contributed by atoms with van der Waals surface area (Å²) in [5.74, 6) is 0.899. The van der Waals surface area contributed by atoms with Crippen molar-refractivity contribution < 1.29 is 0 Å². The molecule has 1 nitrogen and oxygen atoms in total. The summed E-state index contributed by atoms with van der Waals surface area (Å²) in [6.45, 7) is 2.00. The zero-order valence-corrected chi connectivity index (χ0v) is 8.47. The topological polar surface area (TPSA) is 12.9 Å². The highest BCUT2D eigenvalue weighted by Crippen LogP contribution is 2.21. The molecule has 0 aliphatic carbocycles. The second kappa shape index (κ2) is 4.80. The molecule has 1 aromatic heterocycles. The lowest BCUT2D eigenvalue weighted by atomic mass is 10.6. The van der Waals surface area contributed by atoms with E-state index in [2.05, 4.69) is 4.98 Å². The van der Waals surface area contributed by atoms with E-state index < -0.39 is 0 Å². The van der Waals surface area contributed by atoms with E-state index in [9.17, 15) is 0 Å². The Morgan fingerprint density at radius 2 is 2.64 bits per heavy atom. The molecule has 0 atom stereocenters. The fraction of sp³-hybridized carbons (Fsp3) is 0.286. The van der Waals surface area contributed by atoms with Crippen molar-refractivity contribution in [1.82, 2.24) is 4.98 Å². The number of thiazole rings is 1. The Balaban J connectivity index is 2.38. The molecule has 0 N–H and O–H groups in total. The second-order valence-corrected chi connectivity index (χ2v) is 4.30. The van der Waals surface area contributed by atoms with Crippen LogP contribution in [0.5, 0.6) is 0 Å². The molecule has 0 spiro atoms. The summed E-state index contributed by atoms with van der Waals surface area (Å²) in [6.07, 6.45) is 1.91. The first-order chi connectivity index (χ1) is 5.33. The quantitative estimate of drug-likeness (QED) is 0.703. The summed E-state index contributed by atoms with van der Waals surface area (Å²) in [7, 11) is 0. The number of halogens is 1. The Morgan fingerprint density at radius 1 is 1.82 bits per heavy atom. The predicted octanol–water partition coefficient (Wildman–Crippen LogP) is 3.30. The molecule has 0 unspecified atom stereocenters. The minimum absolute atomic E-state index is 0.899. The average Bonchev–Trinajstić information content (AvgIpc) is 2.37. The van der Waals surface area contributed by atoms with Crippen LogP contribution in [0.4, 0.5) is 0 Å². The van der Waals surface area contributed by atoms with E-state index in [0.717, 1.165) is 15.8 Å². The fourth-order valence-electron chi connectivity index (χ4n) is 0.554. The Morgan fingerprint density at radius 3 is 3.18 bits per heavy atom. The van der Waals surface area contributed by atoms with Crippen molar-refractivity contribution in [3.05, 3.63) is 22.7 Å². The molecule has 0 saturated carbocycles. The highest BCUT2D eigenvalue weighted by molar-refractivity contribution is 8.01. The van der Waals surface area contributed by atoms with Crippen LogP contribution >= 0.6 is 34.7 Å². The smallest absolute Gasteiger partial charge is 0.150 e. The molecular weight excluding hydrogens is 198 g/mol. The molecule has 0 amide bonds. The van der Waals surface area contributed by atoms with Crippen molar-refractivity contribution in [2.45, 2.75) is 11.3 Å². The van der Waals surface area contributed by atoms with Gasteiger partial charge in [-0.3, -0.25) is 0 Å². The van der Waals surface area contributed by atoms with Gasteiger partial charge in [0.05, 0.1) is 0 Å². The summed E-state index contributed by atoms with van der Waals surface area (Å²) in [6, 6.07) is 0. The first-order valence-corrected chi connectivity index (χ1v) is 5.43. The number of nitrogens with zero attached hydrogens (tertiary/aromatic N) is 1. The minimum atomic E-state index is 0.899. The lowest BCUT2D eigenvalue weighted by molar-refractivity contribution is 1.16. The summed E-state index contributed by atoms with van der Waals surface area (Å²) < 4.78 is 1.11. The van der Waals surface area contributed by atoms with Gasteiger partial charge < -0.3 is 0 Å². The van der Waals surface area contributed by atoms with E-state index >= 15 is 0 Å². The number of hydrogen-bond acceptors (Lipinski definition) is 3. The second-order valence-electron chi connectivity index (χ2n) is 1.93. The Labute approximate surface area is 79.5 Å². The van der Waals surface area contributed by atoms with Crippen LogP contribution in [0.1, 0.15) is 5.69 Å². The Hall–Kier alpha value is 0.01000. The van der Waals surface area contributed by atoms with E-state index in [0.29, 0.717) is 0 Å². The maximum Gasteiger partial charge on any atom is 0.150 e. The SMILES string of the molecule is Cc1csc(SC/C=C/Cl)n1. The van der Waals surface area contributed by atoms with Crippen LogP contribution in [0.2, 0.25) is 0 Å². The van der Waals surface area contributed by atoms with Crippen LogP contribution in [0.3, 0.4) is 0 Å². The van der Waals surface area contributed by atoms with E-state index in [1.54, 1.807) is 23.1 Å². The number of aromatic nitrogens is 1. The molecule has 60 valence electrons. The van der Waals surface area contributed by atoms with E-state index in [1.165, 1.54) is 5.54 Å². The standard InChI is InChI=1S/C7H8ClNS2/c1-6-5-11-7(9-6)10-4-2-3-8/h2-3,5H,4H2,1H3/b3-2+. The third-order valence-corrected chi connectivity index (χ3v) is 3.26. The van der Waals surface area contributed by atoms with Gasteiger partial charge in [0.25, 0.3) is 0 Å². The maximum absolute atomic E-state index is 5.36. The summed E-state index contributed by atoms with van der Waals surface area (Å²) in [5.41, 5.74) is 2.63. The molecule has 0 fully saturated rings. The Kier molecular flexibility index (Phi) is 3.97. The van der Waals surface area contributed by atoms with Crippen molar-refractivity contribution in [3.8, 4) is 0 Å². The molecule has 0 radical (unpaired) electrons. The third kappa shape index (κ3) is 3.27. The first kappa shape index (κ1) is 9.10. The van der Waals surface area contributed by atoms with Gasteiger partial charge in [-0.15, -0.1) is 11.3 Å².